The van der Waals surface area contributed by atoms with Crippen LogP contribution in [0.5, 0.6) is 5.75 Å². The van der Waals surface area contributed by atoms with Gasteiger partial charge in [-0.1, -0.05) is 13.3 Å². The van der Waals surface area contributed by atoms with E-state index in [1.165, 1.54) is 19.3 Å². The molecular weight excluding hydrogens is 398 g/mol. The Morgan fingerprint density at radius 3 is 2.61 bits per heavy atom. The van der Waals surface area contributed by atoms with Gasteiger partial charge in [0.2, 0.25) is 5.91 Å². The molecule has 1 aromatic heterocycles. The van der Waals surface area contributed by atoms with Crippen LogP contribution in [0.15, 0.2) is 21.3 Å². The van der Waals surface area contributed by atoms with Gasteiger partial charge in [-0.2, -0.15) is 0 Å². The van der Waals surface area contributed by atoms with Crippen molar-refractivity contribution in [1.29, 1.82) is 0 Å². The van der Waals surface area contributed by atoms with Crippen molar-refractivity contribution in [2.45, 2.75) is 83.3 Å². The Morgan fingerprint density at radius 2 is 1.94 bits per heavy atom. The smallest absolute Gasteiger partial charge is 0.340 e. The standard InChI is InChI=1S/C24H29NO6/c1-3-18(22(27)28)25-21(26)12-17-14(2)16-11-15-7-10-24(8-5-4-6-9-24)31-19(15)13-20(16)30-23(17)29/h11,13,18H,3-10,12H2,1-2H3,(H,25,26)(H,27,28). The molecule has 7 nitrogen and oxygen atoms in total. The lowest BCUT2D eigenvalue weighted by Crippen LogP contribution is -2.41. The molecule has 2 aromatic rings. The van der Waals surface area contributed by atoms with Crippen LogP contribution in [0.1, 0.15) is 68.6 Å². The number of carbonyl (C=O) groups excluding carboxylic acids is 1. The zero-order valence-corrected chi connectivity index (χ0v) is 18.1. The highest BCUT2D eigenvalue weighted by atomic mass is 16.5. The van der Waals surface area contributed by atoms with E-state index < -0.39 is 23.5 Å². The second kappa shape index (κ2) is 8.36. The van der Waals surface area contributed by atoms with Gasteiger partial charge in [0, 0.05) is 11.5 Å². The van der Waals surface area contributed by atoms with Gasteiger partial charge in [0.05, 0.1) is 12.0 Å². The molecule has 2 heterocycles. The number of aliphatic carboxylic acids is 1. The summed E-state index contributed by atoms with van der Waals surface area (Å²) in [6, 6.07) is 2.85. The van der Waals surface area contributed by atoms with Crippen molar-refractivity contribution in [2.24, 2.45) is 0 Å². The van der Waals surface area contributed by atoms with Gasteiger partial charge in [0.25, 0.3) is 0 Å². The molecule has 1 saturated carbocycles. The second-order valence-corrected chi connectivity index (χ2v) is 8.84. The number of carbonyl (C=O) groups is 2. The third-order valence-corrected chi connectivity index (χ3v) is 6.79. The Bertz CT molecular complexity index is 1080. The van der Waals surface area contributed by atoms with Crippen molar-refractivity contribution in [1.82, 2.24) is 5.32 Å². The topological polar surface area (TPSA) is 106 Å². The summed E-state index contributed by atoms with van der Waals surface area (Å²) in [6.45, 7) is 3.48. The van der Waals surface area contributed by atoms with Crippen LogP contribution in [-0.4, -0.2) is 28.6 Å². The van der Waals surface area contributed by atoms with Gasteiger partial charge < -0.3 is 19.6 Å². The molecule has 1 unspecified atom stereocenters. The van der Waals surface area contributed by atoms with E-state index >= 15 is 0 Å². The fraction of sp³-hybridized carbons (Fsp3) is 0.542. The van der Waals surface area contributed by atoms with Crippen molar-refractivity contribution in [3.63, 3.8) is 0 Å². The van der Waals surface area contributed by atoms with E-state index in [0.29, 0.717) is 11.1 Å². The molecule has 7 heteroatoms. The second-order valence-electron chi connectivity index (χ2n) is 8.84. The fourth-order valence-electron chi connectivity index (χ4n) is 4.90. The summed E-state index contributed by atoms with van der Waals surface area (Å²) in [5, 5.41) is 12.4. The first-order valence-electron chi connectivity index (χ1n) is 11.1. The van der Waals surface area contributed by atoms with Crippen LogP contribution >= 0.6 is 0 Å². The minimum absolute atomic E-state index is 0.0910. The Hall–Kier alpha value is -2.83. The van der Waals surface area contributed by atoms with E-state index in [2.05, 4.69) is 5.32 Å². The van der Waals surface area contributed by atoms with E-state index in [-0.39, 0.29) is 24.0 Å². The van der Waals surface area contributed by atoms with E-state index in [1.807, 2.05) is 12.1 Å². The molecule has 31 heavy (non-hydrogen) atoms. The average Bonchev–Trinajstić information content (AvgIpc) is 2.74. The summed E-state index contributed by atoms with van der Waals surface area (Å²) in [6.07, 6.45) is 7.70. The monoisotopic (exact) mass is 427 g/mol. The van der Waals surface area contributed by atoms with Crippen LogP contribution in [0.2, 0.25) is 0 Å². The number of rotatable bonds is 5. The van der Waals surface area contributed by atoms with Crippen LogP contribution in [0.4, 0.5) is 0 Å². The molecule has 4 rings (SSSR count). The van der Waals surface area contributed by atoms with Gasteiger partial charge in [-0.05, 0) is 69.1 Å². The minimum atomic E-state index is -1.10. The van der Waals surface area contributed by atoms with Crippen LogP contribution in [0.25, 0.3) is 11.0 Å². The number of aryl methyl sites for hydroxylation is 2. The van der Waals surface area contributed by atoms with Gasteiger partial charge in [0.1, 0.15) is 23.0 Å². The number of carboxylic acids is 1. The molecule has 2 aliphatic rings. The maximum atomic E-state index is 12.6. The molecule has 0 bridgehead atoms. The summed E-state index contributed by atoms with van der Waals surface area (Å²) in [7, 11) is 0. The Morgan fingerprint density at radius 1 is 1.19 bits per heavy atom. The molecule has 1 atom stereocenters. The van der Waals surface area contributed by atoms with Gasteiger partial charge >= 0.3 is 11.6 Å². The van der Waals surface area contributed by atoms with Crippen LogP contribution in [-0.2, 0) is 22.4 Å². The predicted molar refractivity (Wildman–Crippen MR) is 116 cm³/mol. The van der Waals surface area contributed by atoms with Crippen molar-refractivity contribution >= 4 is 22.8 Å². The van der Waals surface area contributed by atoms with E-state index in [4.69, 9.17) is 14.3 Å². The minimum Gasteiger partial charge on any atom is -0.487 e. The SMILES string of the molecule is CCC(NC(=O)Cc1c(C)c2cc3c(cc2oc1=O)OC1(CCCCC1)CC3)C(=O)O. The van der Waals surface area contributed by atoms with E-state index in [9.17, 15) is 14.4 Å². The summed E-state index contributed by atoms with van der Waals surface area (Å²) in [5.74, 6) is -0.814. The van der Waals surface area contributed by atoms with Crippen LogP contribution in [0, 0.1) is 6.92 Å². The van der Waals surface area contributed by atoms with Gasteiger partial charge in [-0.25, -0.2) is 9.59 Å². The van der Waals surface area contributed by atoms with Crippen molar-refractivity contribution in [3.8, 4) is 5.75 Å². The third-order valence-electron chi connectivity index (χ3n) is 6.79. The lowest BCUT2D eigenvalue weighted by molar-refractivity contribution is -0.141. The zero-order valence-electron chi connectivity index (χ0n) is 18.1. The number of benzene rings is 1. The van der Waals surface area contributed by atoms with E-state index in [1.54, 1.807) is 13.8 Å². The number of carboxylic acid groups (broad SMARTS) is 1. The van der Waals surface area contributed by atoms with Crippen molar-refractivity contribution in [3.05, 3.63) is 39.2 Å². The molecule has 1 aliphatic carbocycles. The normalized spacial score (nSPS) is 18.3. The summed E-state index contributed by atoms with van der Waals surface area (Å²) in [4.78, 5) is 36.2. The first-order chi connectivity index (χ1) is 14.8. The number of nitrogens with one attached hydrogen (secondary N) is 1. The number of amides is 1. The number of ether oxygens (including phenoxy) is 1. The van der Waals surface area contributed by atoms with Crippen molar-refractivity contribution < 1.29 is 23.8 Å². The van der Waals surface area contributed by atoms with Crippen LogP contribution < -0.4 is 15.7 Å². The molecule has 1 fully saturated rings. The Kier molecular flexibility index (Phi) is 5.77. The average molecular weight is 427 g/mol. The molecule has 0 radical (unpaired) electrons. The maximum Gasteiger partial charge on any atom is 0.340 e. The molecule has 2 N–H and O–H groups in total. The summed E-state index contributed by atoms with van der Waals surface area (Å²) >= 11 is 0. The quantitative estimate of drug-likeness (QED) is 0.706. The number of hydrogen-bond donors (Lipinski definition) is 2. The van der Waals surface area contributed by atoms with Gasteiger partial charge in [-0.15, -0.1) is 0 Å². The maximum absolute atomic E-state index is 12.6. The first-order valence-corrected chi connectivity index (χ1v) is 11.1. The Labute approximate surface area is 180 Å². The molecular formula is C24H29NO6. The molecule has 1 aliphatic heterocycles. The molecule has 166 valence electrons. The van der Waals surface area contributed by atoms with Crippen LogP contribution in [0.3, 0.4) is 0 Å². The summed E-state index contributed by atoms with van der Waals surface area (Å²) < 4.78 is 12.0. The van der Waals surface area contributed by atoms with Gasteiger partial charge in [-0.3, -0.25) is 4.79 Å². The largest absolute Gasteiger partial charge is 0.487 e. The Balaban J connectivity index is 1.63. The highest BCUT2D eigenvalue weighted by molar-refractivity contribution is 5.88. The lowest BCUT2D eigenvalue weighted by atomic mass is 9.79. The predicted octanol–water partition coefficient (Wildman–Crippen LogP) is 3.65. The lowest BCUT2D eigenvalue weighted by Gasteiger charge is -2.41. The van der Waals surface area contributed by atoms with Gasteiger partial charge in [0.15, 0.2) is 0 Å². The number of hydrogen-bond acceptors (Lipinski definition) is 5. The number of fused-ring (bicyclic) bond motifs is 2. The highest BCUT2D eigenvalue weighted by Gasteiger charge is 2.37. The third kappa shape index (κ3) is 4.18. The van der Waals surface area contributed by atoms with E-state index in [0.717, 1.165) is 42.4 Å². The van der Waals surface area contributed by atoms with Crippen molar-refractivity contribution in [2.75, 3.05) is 0 Å². The molecule has 1 aromatic carbocycles. The zero-order chi connectivity index (χ0) is 22.2. The molecule has 0 saturated heterocycles. The fourth-order valence-corrected chi connectivity index (χ4v) is 4.90. The summed E-state index contributed by atoms with van der Waals surface area (Å²) in [5.41, 5.74) is 1.82. The molecule has 1 amide bonds. The molecule has 1 spiro atoms. The highest BCUT2D eigenvalue weighted by Crippen LogP contribution is 2.43. The first kappa shape index (κ1) is 21.4.